The van der Waals surface area contributed by atoms with Crippen molar-refractivity contribution in [2.24, 2.45) is 5.10 Å². The van der Waals surface area contributed by atoms with E-state index in [0.717, 1.165) is 17.1 Å². The first kappa shape index (κ1) is 31.0. The first-order valence-electron chi connectivity index (χ1n) is 14.3. The third kappa shape index (κ3) is 6.27. The smallest absolute Gasteiger partial charge is 3.00 e. The van der Waals surface area contributed by atoms with Gasteiger partial charge in [0.15, 0.2) is 0 Å². The first-order chi connectivity index (χ1) is 20.4. The summed E-state index contributed by atoms with van der Waals surface area (Å²) in [6.45, 7) is 11.0. The summed E-state index contributed by atoms with van der Waals surface area (Å²) in [6, 6.07) is 34.1. The van der Waals surface area contributed by atoms with Crippen LogP contribution in [0.15, 0.2) is 96.4 Å². The Labute approximate surface area is 274 Å². The number of para-hydroxylation sites is 1. The van der Waals surface area contributed by atoms with E-state index in [2.05, 4.69) is 115 Å². The van der Waals surface area contributed by atoms with Crippen LogP contribution in [0.2, 0.25) is 0 Å². The molecular formula is C36H34IrN5Se. The molecule has 0 saturated carbocycles. The molecule has 7 rings (SSSR count). The SMILES string of the molecule is CC(C)c1cccc(C(C)C)c1-n1ccnc1-c1[c-]cccc1.CN1C=NN(c2[c-]ccc3c2[se]c2ccccc23)[CH-]1.[Ir+3]. The van der Waals surface area contributed by atoms with Gasteiger partial charge < -0.3 is 4.57 Å². The molecule has 4 aromatic carbocycles. The number of hydrogen-bond acceptors (Lipinski definition) is 4. The summed E-state index contributed by atoms with van der Waals surface area (Å²) in [7, 11) is 1.98. The van der Waals surface area contributed by atoms with Crippen molar-refractivity contribution in [3.05, 3.63) is 121 Å². The third-order valence-electron chi connectivity index (χ3n) is 7.37. The number of hydrogen-bond donors (Lipinski definition) is 0. The number of rotatable bonds is 5. The minimum atomic E-state index is 0. The van der Waals surface area contributed by atoms with Crippen LogP contribution >= 0.6 is 0 Å². The number of hydrazone groups is 1. The maximum Gasteiger partial charge on any atom is 3.00 e. The summed E-state index contributed by atoms with van der Waals surface area (Å²) in [4.78, 5) is 6.54. The van der Waals surface area contributed by atoms with Gasteiger partial charge in [-0.1, -0.05) is 45.9 Å². The van der Waals surface area contributed by atoms with E-state index in [1.54, 1.807) is 0 Å². The standard InChI is InChI=1S/C21H23N2.C15H11N3Se.Ir/c1-15(2)18-11-8-12-19(16(3)4)20(18)23-14-13-22-21(23)17-9-6-5-7-10-17;1-17-9-16-18(10-17)13-7-4-6-12-11-5-2-3-8-14(11)19-15(12)13;/h5-9,11-16H,1-4H3;2-6,8-10H,1H3;/q-1;-2;+3. The van der Waals surface area contributed by atoms with Crippen LogP contribution in [-0.4, -0.2) is 42.3 Å². The largest absolute Gasteiger partial charge is 3.00 e. The van der Waals surface area contributed by atoms with Crippen molar-refractivity contribution in [2.75, 3.05) is 12.1 Å². The van der Waals surface area contributed by atoms with Gasteiger partial charge in [-0.05, 0) is 23.0 Å². The predicted octanol–water partition coefficient (Wildman–Crippen LogP) is 8.25. The summed E-state index contributed by atoms with van der Waals surface area (Å²) in [6.07, 6.45) is 5.74. The van der Waals surface area contributed by atoms with Crippen LogP contribution in [0.3, 0.4) is 0 Å². The first-order valence-corrected chi connectivity index (χ1v) is 16.0. The Morgan fingerprint density at radius 3 is 2.23 bits per heavy atom. The Kier molecular flexibility index (Phi) is 9.68. The van der Waals surface area contributed by atoms with E-state index in [-0.39, 0.29) is 20.1 Å². The monoisotopic (exact) mass is 809 g/mol. The molecule has 0 amide bonds. The Hall–Kier alpha value is -3.47. The molecule has 0 radical (unpaired) electrons. The molecule has 0 N–H and O–H groups in total. The van der Waals surface area contributed by atoms with E-state index in [1.165, 1.54) is 36.1 Å². The second-order valence-electron chi connectivity index (χ2n) is 11.0. The van der Waals surface area contributed by atoms with E-state index >= 15 is 0 Å². The molecule has 2 aromatic heterocycles. The fraction of sp³-hybridized carbons (Fsp3) is 0.194. The molecule has 6 aromatic rings. The average molecular weight is 808 g/mol. The molecule has 3 heterocycles. The van der Waals surface area contributed by atoms with Crippen LogP contribution in [0.1, 0.15) is 50.7 Å². The van der Waals surface area contributed by atoms with Crippen molar-refractivity contribution in [3.63, 3.8) is 0 Å². The van der Waals surface area contributed by atoms with Crippen molar-refractivity contribution in [2.45, 2.75) is 39.5 Å². The topological polar surface area (TPSA) is 36.7 Å². The molecule has 7 heteroatoms. The number of fused-ring (bicyclic) bond motifs is 3. The van der Waals surface area contributed by atoms with Gasteiger partial charge in [-0.2, -0.15) is 0 Å². The van der Waals surface area contributed by atoms with Crippen LogP contribution in [-0.2, 0) is 20.1 Å². The molecule has 5 nitrogen and oxygen atoms in total. The van der Waals surface area contributed by atoms with Gasteiger partial charge in [0.1, 0.15) is 0 Å². The molecule has 0 aliphatic carbocycles. The van der Waals surface area contributed by atoms with Gasteiger partial charge in [-0.3, -0.25) is 4.98 Å². The molecule has 0 spiro atoms. The van der Waals surface area contributed by atoms with Crippen molar-refractivity contribution >= 4 is 45.8 Å². The van der Waals surface area contributed by atoms with E-state index in [9.17, 15) is 0 Å². The summed E-state index contributed by atoms with van der Waals surface area (Å²) in [5, 5.41) is 8.99. The molecule has 0 fully saturated rings. The minimum absolute atomic E-state index is 0. The number of imidazole rings is 1. The average Bonchev–Trinajstić information content (AvgIpc) is 3.76. The fourth-order valence-corrected chi connectivity index (χ4v) is 7.84. The van der Waals surface area contributed by atoms with Crippen molar-refractivity contribution in [1.29, 1.82) is 0 Å². The van der Waals surface area contributed by atoms with Gasteiger partial charge in [-0.15, -0.1) is 35.9 Å². The van der Waals surface area contributed by atoms with E-state index in [0.29, 0.717) is 26.3 Å². The normalized spacial score (nSPS) is 12.7. The summed E-state index contributed by atoms with van der Waals surface area (Å²) < 4.78 is 5.04. The van der Waals surface area contributed by atoms with E-state index < -0.39 is 0 Å². The second-order valence-corrected chi connectivity index (χ2v) is 13.2. The number of nitrogens with zero attached hydrogens (tertiary/aromatic N) is 5. The molecular weight excluding hydrogens is 774 g/mol. The quantitative estimate of drug-likeness (QED) is 0.130. The summed E-state index contributed by atoms with van der Waals surface area (Å²) >= 11 is 0.337. The molecule has 43 heavy (non-hydrogen) atoms. The predicted molar refractivity (Wildman–Crippen MR) is 176 cm³/mol. The number of benzene rings is 4. The van der Waals surface area contributed by atoms with Gasteiger partial charge in [-0.25, -0.2) is 0 Å². The molecule has 1 aliphatic heterocycles. The van der Waals surface area contributed by atoms with Gasteiger partial charge in [0.05, 0.1) is 5.82 Å². The number of anilines is 1. The van der Waals surface area contributed by atoms with Crippen LogP contribution < -0.4 is 5.01 Å². The maximum absolute atomic E-state index is 4.60. The zero-order chi connectivity index (χ0) is 29.2. The zero-order valence-corrected chi connectivity index (χ0v) is 29.1. The molecule has 0 atom stereocenters. The van der Waals surface area contributed by atoms with Crippen LogP contribution in [0.5, 0.6) is 0 Å². The van der Waals surface area contributed by atoms with Gasteiger partial charge in [0, 0.05) is 18.1 Å². The minimum Gasteiger partial charge on any atom is 3.00 e. The molecule has 0 saturated heterocycles. The van der Waals surface area contributed by atoms with Crippen molar-refractivity contribution in [1.82, 2.24) is 14.5 Å². The van der Waals surface area contributed by atoms with Gasteiger partial charge in [0.2, 0.25) is 0 Å². The Morgan fingerprint density at radius 2 is 1.56 bits per heavy atom. The molecule has 218 valence electrons. The van der Waals surface area contributed by atoms with Crippen LogP contribution in [0.25, 0.3) is 36.4 Å². The summed E-state index contributed by atoms with van der Waals surface area (Å²) in [5.74, 6) is 1.86. The van der Waals surface area contributed by atoms with Crippen molar-refractivity contribution in [3.8, 4) is 17.1 Å². The molecule has 1 aliphatic rings. The van der Waals surface area contributed by atoms with E-state index in [1.807, 2.05) is 60.4 Å². The second kappa shape index (κ2) is 13.4. The van der Waals surface area contributed by atoms with E-state index in [4.69, 9.17) is 0 Å². The number of aromatic nitrogens is 2. The van der Waals surface area contributed by atoms with Gasteiger partial charge >= 0.3 is 137 Å². The molecule has 0 unspecified atom stereocenters. The summed E-state index contributed by atoms with van der Waals surface area (Å²) in [5.41, 5.74) is 6.07. The van der Waals surface area contributed by atoms with Crippen LogP contribution in [0, 0.1) is 18.8 Å². The zero-order valence-electron chi connectivity index (χ0n) is 24.9. The Bertz CT molecular complexity index is 1830. The van der Waals surface area contributed by atoms with Crippen molar-refractivity contribution < 1.29 is 20.1 Å². The van der Waals surface area contributed by atoms with Crippen LogP contribution in [0.4, 0.5) is 5.69 Å². The Morgan fingerprint density at radius 1 is 0.814 bits per heavy atom. The third-order valence-corrected chi connectivity index (χ3v) is 9.88. The maximum atomic E-state index is 4.60. The van der Waals surface area contributed by atoms with Gasteiger partial charge in [0.25, 0.3) is 0 Å². The Balaban J connectivity index is 0.000000170. The molecule has 0 bridgehead atoms. The fourth-order valence-electron chi connectivity index (χ4n) is 5.34.